The van der Waals surface area contributed by atoms with Crippen LogP contribution in [0.3, 0.4) is 0 Å². The number of aromatic amines is 1. The summed E-state index contributed by atoms with van der Waals surface area (Å²) in [6.07, 6.45) is -3.77. The SMILES string of the molecule is O=c1c2ccc(Cl)cc2[nH]c2cc(OCCCCCC(F)(F)F)ccc12. The lowest BCUT2D eigenvalue weighted by molar-refractivity contribution is -0.135. The quantitative estimate of drug-likeness (QED) is 0.429. The Bertz CT molecular complexity index is 982. The molecule has 7 heteroatoms. The minimum Gasteiger partial charge on any atom is -0.494 e. The molecule has 0 spiro atoms. The predicted molar refractivity (Wildman–Crippen MR) is 97.1 cm³/mol. The maximum Gasteiger partial charge on any atom is 0.389 e. The predicted octanol–water partition coefficient (Wildman–Crippen LogP) is 5.84. The fourth-order valence-electron chi connectivity index (χ4n) is 2.82. The molecule has 0 saturated heterocycles. The standard InChI is InChI=1S/C19H17ClF3NO2/c20-12-4-6-14-16(10-12)24-17-11-13(5-7-15(17)18(14)25)26-9-3-1-2-8-19(21,22)23/h4-7,10-11H,1-3,8-9H2,(H,24,25). The Balaban J connectivity index is 1.69. The molecule has 1 aromatic heterocycles. The largest absolute Gasteiger partial charge is 0.494 e. The molecule has 2 aromatic carbocycles. The van der Waals surface area contributed by atoms with Crippen molar-refractivity contribution in [2.45, 2.75) is 31.9 Å². The summed E-state index contributed by atoms with van der Waals surface area (Å²) >= 11 is 5.97. The molecule has 0 amide bonds. The smallest absolute Gasteiger partial charge is 0.389 e. The highest BCUT2D eigenvalue weighted by Crippen LogP contribution is 2.24. The summed E-state index contributed by atoms with van der Waals surface area (Å²) in [6.45, 7) is 0.326. The Kier molecular flexibility index (Phi) is 5.41. The van der Waals surface area contributed by atoms with Gasteiger partial charge in [-0.2, -0.15) is 13.2 Å². The first kappa shape index (κ1) is 18.6. The summed E-state index contributed by atoms with van der Waals surface area (Å²) in [5.41, 5.74) is 1.17. The molecule has 138 valence electrons. The number of aromatic nitrogens is 1. The molecule has 0 radical (unpaired) electrons. The zero-order chi connectivity index (χ0) is 18.7. The summed E-state index contributed by atoms with van der Waals surface area (Å²) in [7, 11) is 0. The number of fused-ring (bicyclic) bond motifs is 2. The van der Waals surface area contributed by atoms with Crippen LogP contribution in [0, 0.1) is 0 Å². The van der Waals surface area contributed by atoms with Gasteiger partial charge in [-0.05, 0) is 49.6 Å². The van der Waals surface area contributed by atoms with Gasteiger partial charge in [-0.25, -0.2) is 0 Å². The number of rotatable bonds is 6. The van der Waals surface area contributed by atoms with Crippen molar-refractivity contribution >= 4 is 33.4 Å². The molecule has 1 heterocycles. The van der Waals surface area contributed by atoms with Crippen molar-refractivity contribution in [2.24, 2.45) is 0 Å². The average Bonchev–Trinajstić information content (AvgIpc) is 2.56. The highest BCUT2D eigenvalue weighted by molar-refractivity contribution is 6.31. The van der Waals surface area contributed by atoms with Crippen molar-refractivity contribution in [3.8, 4) is 5.75 Å². The van der Waals surface area contributed by atoms with Crippen molar-refractivity contribution in [2.75, 3.05) is 6.61 Å². The summed E-state index contributed by atoms with van der Waals surface area (Å²) in [4.78, 5) is 15.7. The van der Waals surface area contributed by atoms with Crippen molar-refractivity contribution < 1.29 is 17.9 Å². The zero-order valence-electron chi connectivity index (χ0n) is 13.8. The molecule has 3 nitrogen and oxygen atoms in total. The summed E-state index contributed by atoms with van der Waals surface area (Å²) < 4.78 is 41.8. The van der Waals surface area contributed by atoms with E-state index in [1.54, 1.807) is 36.4 Å². The average molecular weight is 384 g/mol. The van der Waals surface area contributed by atoms with E-state index in [0.29, 0.717) is 52.0 Å². The number of unbranched alkanes of at least 4 members (excludes halogenated alkanes) is 2. The van der Waals surface area contributed by atoms with Crippen LogP contribution >= 0.6 is 11.6 Å². The van der Waals surface area contributed by atoms with E-state index >= 15 is 0 Å². The number of pyridine rings is 1. The van der Waals surface area contributed by atoms with Crippen LogP contribution in [0.2, 0.25) is 5.02 Å². The van der Waals surface area contributed by atoms with Crippen LogP contribution in [-0.4, -0.2) is 17.8 Å². The van der Waals surface area contributed by atoms with Crippen LogP contribution in [0.5, 0.6) is 5.75 Å². The van der Waals surface area contributed by atoms with Crippen molar-refractivity contribution in [1.29, 1.82) is 0 Å². The van der Waals surface area contributed by atoms with Crippen LogP contribution in [0.15, 0.2) is 41.2 Å². The zero-order valence-corrected chi connectivity index (χ0v) is 14.6. The second kappa shape index (κ2) is 7.58. The Labute approximate surface area is 152 Å². The molecular weight excluding hydrogens is 367 g/mol. The lowest BCUT2D eigenvalue weighted by Crippen LogP contribution is -2.07. The van der Waals surface area contributed by atoms with Crippen molar-refractivity contribution in [3.63, 3.8) is 0 Å². The van der Waals surface area contributed by atoms with Gasteiger partial charge in [0.2, 0.25) is 0 Å². The Hall–Kier alpha value is -2.21. The fourth-order valence-corrected chi connectivity index (χ4v) is 2.99. The Morgan fingerprint density at radius 3 is 2.38 bits per heavy atom. The minimum atomic E-state index is -4.10. The monoisotopic (exact) mass is 383 g/mol. The molecule has 0 aliphatic carbocycles. The Morgan fingerprint density at radius 2 is 1.65 bits per heavy atom. The summed E-state index contributed by atoms with van der Waals surface area (Å²) in [5.74, 6) is 0.561. The van der Waals surface area contributed by atoms with E-state index in [1.165, 1.54) is 0 Å². The van der Waals surface area contributed by atoms with Crippen molar-refractivity contribution in [3.05, 3.63) is 51.6 Å². The molecule has 0 saturated carbocycles. The van der Waals surface area contributed by atoms with Gasteiger partial charge in [-0.1, -0.05) is 11.6 Å². The number of hydrogen-bond acceptors (Lipinski definition) is 2. The third kappa shape index (κ3) is 4.49. The number of nitrogens with one attached hydrogen (secondary N) is 1. The highest BCUT2D eigenvalue weighted by atomic mass is 35.5. The van der Waals surface area contributed by atoms with Gasteiger partial charge in [0.05, 0.1) is 17.6 Å². The third-order valence-electron chi connectivity index (χ3n) is 4.10. The second-order valence-corrected chi connectivity index (χ2v) is 6.56. The number of alkyl halides is 3. The highest BCUT2D eigenvalue weighted by Gasteiger charge is 2.25. The lowest BCUT2D eigenvalue weighted by Gasteiger charge is -2.09. The Morgan fingerprint density at radius 1 is 0.962 bits per heavy atom. The van der Waals surface area contributed by atoms with E-state index in [4.69, 9.17) is 16.3 Å². The van der Waals surface area contributed by atoms with Gasteiger partial charge in [0.1, 0.15) is 5.75 Å². The van der Waals surface area contributed by atoms with Gasteiger partial charge < -0.3 is 9.72 Å². The van der Waals surface area contributed by atoms with Crippen LogP contribution < -0.4 is 10.2 Å². The van der Waals surface area contributed by atoms with Gasteiger partial charge in [-0.3, -0.25) is 4.79 Å². The first-order chi connectivity index (χ1) is 12.3. The first-order valence-corrected chi connectivity index (χ1v) is 8.66. The molecule has 1 N–H and O–H groups in total. The number of H-pyrrole nitrogens is 1. The first-order valence-electron chi connectivity index (χ1n) is 8.28. The minimum absolute atomic E-state index is 0.0934. The van der Waals surface area contributed by atoms with E-state index in [2.05, 4.69) is 4.98 Å². The molecule has 0 aliphatic rings. The normalized spacial score (nSPS) is 12.0. The van der Waals surface area contributed by atoms with E-state index in [-0.39, 0.29) is 11.8 Å². The molecule has 0 fully saturated rings. The number of halogens is 4. The van der Waals surface area contributed by atoms with Crippen LogP contribution in [0.4, 0.5) is 13.2 Å². The van der Waals surface area contributed by atoms with Gasteiger partial charge in [0.25, 0.3) is 0 Å². The number of hydrogen-bond donors (Lipinski definition) is 1. The van der Waals surface area contributed by atoms with Crippen LogP contribution in [0.25, 0.3) is 21.8 Å². The summed E-state index contributed by atoms with van der Waals surface area (Å²) in [6, 6.07) is 10.1. The molecule has 0 unspecified atom stereocenters. The van der Waals surface area contributed by atoms with E-state index in [1.807, 2.05) is 0 Å². The maximum absolute atomic E-state index is 12.5. The molecular formula is C19H17ClF3NO2. The van der Waals surface area contributed by atoms with Crippen LogP contribution in [0.1, 0.15) is 25.7 Å². The van der Waals surface area contributed by atoms with Crippen LogP contribution in [-0.2, 0) is 0 Å². The van der Waals surface area contributed by atoms with Gasteiger partial charge in [0, 0.05) is 28.3 Å². The fraction of sp³-hybridized carbons (Fsp3) is 0.316. The summed E-state index contributed by atoms with van der Waals surface area (Å²) in [5, 5.41) is 1.62. The van der Waals surface area contributed by atoms with E-state index in [9.17, 15) is 18.0 Å². The van der Waals surface area contributed by atoms with Gasteiger partial charge >= 0.3 is 6.18 Å². The van der Waals surface area contributed by atoms with E-state index in [0.717, 1.165) is 0 Å². The molecule has 0 aliphatic heterocycles. The number of ether oxygens (including phenoxy) is 1. The van der Waals surface area contributed by atoms with Crippen molar-refractivity contribution in [1.82, 2.24) is 4.98 Å². The molecule has 26 heavy (non-hydrogen) atoms. The number of benzene rings is 2. The van der Waals surface area contributed by atoms with Gasteiger partial charge in [-0.15, -0.1) is 0 Å². The second-order valence-electron chi connectivity index (χ2n) is 6.13. The molecule has 0 bridgehead atoms. The van der Waals surface area contributed by atoms with E-state index < -0.39 is 12.6 Å². The van der Waals surface area contributed by atoms with Gasteiger partial charge in [0.15, 0.2) is 5.43 Å². The third-order valence-corrected chi connectivity index (χ3v) is 4.34. The topological polar surface area (TPSA) is 42.1 Å². The molecule has 3 aromatic rings. The molecule has 0 atom stereocenters. The lowest BCUT2D eigenvalue weighted by atomic mass is 10.1. The molecule has 3 rings (SSSR count). The maximum atomic E-state index is 12.5.